The van der Waals surface area contributed by atoms with Crippen molar-refractivity contribution in [3.05, 3.63) is 23.9 Å². The first kappa shape index (κ1) is 11.4. The second kappa shape index (κ2) is 5.30. The molecule has 16 heavy (non-hydrogen) atoms. The molecule has 3 heteroatoms. The van der Waals surface area contributed by atoms with Crippen LogP contribution < -0.4 is 10.6 Å². The SMILES string of the molecule is CN(c1ccc(CN)cn1)C1CCCCC1. The lowest BCUT2D eigenvalue weighted by atomic mass is 9.94. The molecule has 1 aromatic rings. The molecule has 1 fully saturated rings. The minimum absolute atomic E-state index is 0.570. The monoisotopic (exact) mass is 219 g/mol. The molecule has 0 spiro atoms. The van der Waals surface area contributed by atoms with Crippen molar-refractivity contribution in [2.45, 2.75) is 44.7 Å². The Bertz CT molecular complexity index is 314. The highest BCUT2D eigenvalue weighted by Crippen LogP contribution is 2.24. The van der Waals surface area contributed by atoms with Gasteiger partial charge in [-0.1, -0.05) is 25.3 Å². The van der Waals surface area contributed by atoms with Crippen molar-refractivity contribution in [1.29, 1.82) is 0 Å². The Morgan fingerprint density at radius 1 is 1.31 bits per heavy atom. The smallest absolute Gasteiger partial charge is 0.128 e. The Morgan fingerprint density at radius 2 is 2.06 bits per heavy atom. The lowest BCUT2D eigenvalue weighted by Gasteiger charge is -2.32. The zero-order valence-corrected chi connectivity index (χ0v) is 10.0. The van der Waals surface area contributed by atoms with Gasteiger partial charge < -0.3 is 10.6 Å². The molecule has 1 aromatic heterocycles. The quantitative estimate of drug-likeness (QED) is 0.848. The number of rotatable bonds is 3. The van der Waals surface area contributed by atoms with Gasteiger partial charge in [-0.25, -0.2) is 4.98 Å². The molecule has 3 nitrogen and oxygen atoms in total. The normalized spacial score (nSPS) is 17.4. The van der Waals surface area contributed by atoms with Crippen LogP contribution in [0.15, 0.2) is 18.3 Å². The molecule has 2 rings (SSSR count). The Hall–Kier alpha value is -1.09. The molecule has 0 unspecified atom stereocenters. The van der Waals surface area contributed by atoms with Gasteiger partial charge in [0, 0.05) is 25.8 Å². The van der Waals surface area contributed by atoms with Gasteiger partial charge in [0.25, 0.3) is 0 Å². The molecule has 1 aliphatic rings. The van der Waals surface area contributed by atoms with Crippen LogP contribution in [0.1, 0.15) is 37.7 Å². The maximum Gasteiger partial charge on any atom is 0.128 e. The fourth-order valence-corrected chi connectivity index (χ4v) is 2.40. The summed E-state index contributed by atoms with van der Waals surface area (Å²) in [6.07, 6.45) is 8.60. The predicted molar refractivity (Wildman–Crippen MR) is 67.4 cm³/mol. The molecule has 0 atom stereocenters. The van der Waals surface area contributed by atoms with Crippen LogP contribution in [0.4, 0.5) is 5.82 Å². The first-order valence-corrected chi connectivity index (χ1v) is 6.19. The third kappa shape index (κ3) is 2.53. The fourth-order valence-electron chi connectivity index (χ4n) is 2.40. The summed E-state index contributed by atoms with van der Waals surface area (Å²) in [4.78, 5) is 6.79. The molecule has 0 bridgehead atoms. The Balaban J connectivity index is 2.04. The van der Waals surface area contributed by atoms with E-state index in [0.29, 0.717) is 12.6 Å². The largest absolute Gasteiger partial charge is 0.357 e. The number of nitrogens with two attached hydrogens (primary N) is 1. The van der Waals surface area contributed by atoms with E-state index in [1.165, 1.54) is 32.1 Å². The van der Waals surface area contributed by atoms with E-state index in [2.05, 4.69) is 29.1 Å². The summed E-state index contributed by atoms with van der Waals surface area (Å²) < 4.78 is 0. The maximum atomic E-state index is 5.57. The molecule has 0 aliphatic heterocycles. The molecule has 1 heterocycles. The summed E-state index contributed by atoms with van der Waals surface area (Å²) in [6.45, 7) is 0.570. The van der Waals surface area contributed by atoms with Crippen molar-refractivity contribution in [2.75, 3.05) is 11.9 Å². The summed E-state index contributed by atoms with van der Waals surface area (Å²) in [6, 6.07) is 4.82. The third-order valence-corrected chi connectivity index (χ3v) is 3.53. The minimum Gasteiger partial charge on any atom is -0.357 e. The van der Waals surface area contributed by atoms with Gasteiger partial charge in [0.15, 0.2) is 0 Å². The van der Waals surface area contributed by atoms with E-state index in [-0.39, 0.29) is 0 Å². The molecular weight excluding hydrogens is 198 g/mol. The second-order valence-corrected chi connectivity index (χ2v) is 4.63. The Kier molecular flexibility index (Phi) is 3.78. The summed E-state index contributed by atoms with van der Waals surface area (Å²) in [5, 5.41) is 0. The van der Waals surface area contributed by atoms with Gasteiger partial charge in [-0.15, -0.1) is 0 Å². The van der Waals surface area contributed by atoms with Crippen LogP contribution in [0.3, 0.4) is 0 Å². The maximum absolute atomic E-state index is 5.57. The molecule has 1 saturated carbocycles. The van der Waals surface area contributed by atoms with Gasteiger partial charge in [0.05, 0.1) is 0 Å². The van der Waals surface area contributed by atoms with E-state index >= 15 is 0 Å². The molecule has 88 valence electrons. The van der Waals surface area contributed by atoms with E-state index in [4.69, 9.17) is 5.73 Å². The summed E-state index contributed by atoms with van der Waals surface area (Å²) >= 11 is 0. The third-order valence-electron chi connectivity index (χ3n) is 3.53. The highest BCUT2D eigenvalue weighted by atomic mass is 15.2. The van der Waals surface area contributed by atoms with Gasteiger partial charge in [0.2, 0.25) is 0 Å². The molecule has 0 radical (unpaired) electrons. The van der Waals surface area contributed by atoms with Crippen molar-refractivity contribution < 1.29 is 0 Å². The van der Waals surface area contributed by atoms with E-state index in [1.807, 2.05) is 6.20 Å². The lowest BCUT2D eigenvalue weighted by molar-refractivity contribution is 0.426. The molecule has 1 aliphatic carbocycles. The lowest BCUT2D eigenvalue weighted by Crippen LogP contribution is -2.33. The van der Waals surface area contributed by atoms with Crippen LogP contribution in [0, 0.1) is 0 Å². The zero-order chi connectivity index (χ0) is 11.4. The first-order chi connectivity index (χ1) is 7.81. The van der Waals surface area contributed by atoms with Crippen LogP contribution in [0.5, 0.6) is 0 Å². The van der Waals surface area contributed by atoms with Crippen LogP contribution >= 0.6 is 0 Å². The van der Waals surface area contributed by atoms with Gasteiger partial charge >= 0.3 is 0 Å². The number of hydrogen-bond donors (Lipinski definition) is 1. The van der Waals surface area contributed by atoms with E-state index in [9.17, 15) is 0 Å². The molecule has 0 aromatic carbocycles. The van der Waals surface area contributed by atoms with E-state index in [0.717, 1.165) is 11.4 Å². The highest BCUT2D eigenvalue weighted by molar-refractivity contribution is 5.39. The van der Waals surface area contributed by atoms with Crippen molar-refractivity contribution >= 4 is 5.82 Å². The Morgan fingerprint density at radius 3 is 2.62 bits per heavy atom. The Labute approximate surface area is 97.7 Å². The number of pyridine rings is 1. The van der Waals surface area contributed by atoms with Gasteiger partial charge in [-0.2, -0.15) is 0 Å². The highest BCUT2D eigenvalue weighted by Gasteiger charge is 2.18. The standard InChI is InChI=1S/C13H21N3/c1-16(12-5-3-2-4-6-12)13-8-7-11(9-14)10-15-13/h7-8,10,12H,2-6,9,14H2,1H3. The molecule has 0 saturated heterocycles. The van der Waals surface area contributed by atoms with Gasteiger partial charge in [-0.05, 0) is 24.5 Å². The van der Waals surface area contributed by atoms with Crippen molar-refractivity contribution in [1.82, 2.24) is 4.98 Å². The van der Waals surface area contributed by atoms with Gasteiger partial charge in [0.1, 0.15) is 5.82 Å². The average Bonchev–Trinajstić information content (AvgIpc) is 2.39. The number of anilines is 1. The fraction of sp³-hybridized carbons (Fsp3) is 0.615. The topological polar surface area (TPSA) is 42.1 Å². The number of nitrogens with zero attached hydrogens (tertiary/aromatic N) is 2. The minimum atomic E-state index is 0.570. The summed E-state index contributed by atoms with van der Waals surface area (Å²) in [7, 11) is 2.15. The van der Waals surface area contributed by atoms with Crippen molar-refractivity contribution in [3.8, 4) is 0 Å². The van der Waals surface area contributed by atoms with Crippen LogP contribution in [-0.4, -0.2) is 18.1 Å². The summed E-state index contributed by atoms with van der Waals surface area (Å²) in [5.74, 6) is 1.07. The number of aromatic nitrogens is 1. The first-order valence-electron chi connectivity index (χ1n) is 6.19. The average molecular weight is 219 g/mol. The molecule has 0 amide bonds. The second-order valence-electron chi connectivity index (χ2n) is 4.63. The van der Waals surface area contributed by atoms with Crippen molar-refractivity contribution in [2.24, 2.45) is 5.73 Å². The predicted octanol–water partition coefficient (Wildman–Crippen LogP) is 2.31. The van der Waals surface area contributed by atoms with E-state index in [1.54, 1.807) is 0 Å². The zero-order valence-electron chi connectivity index (χ0n) is 10.0. The molecular formula is C13H21N3. The summed E-state index contributed by atoms with van der Waals surface area (Å²) in [5.41, 5.74) is 6.66. The van der Waals surface area contributed by atoms with Gasteiger partial charge in [-0.3, -0.25) is 0 Å². The van der Waals surface area contributed by atoms with Crippen LogP contribution in [0.2, 0.25) is 0 Å². The van der Waals surface area contributed by atoms with E-state index < -0.39 is 0 Å². The van der Waals surface area contributed by atoms with Crippen LogP contribution in [0.25, 0.3) is 0 Å². The van der Waals surface area contributed by atoms with Crippen LogP contribution in [-0.2, 0) is 6.54 Å². The van der Waals surface area contributed by atoms with Crippen molar-refractivity contribution in [3.63, 3.8) is 0 Å². The number of hydrogen-bond acceptors (Lipinski definition) is 3. The molecule has 2 N–H and O–H groups in total.